The monoisotopic (exact) mass is 372 g/mol. The molecular formula is C20H24N2O3S. The first kappa shape index (κ1) is 19.8. The van der Waals surface area contributed by atoms with Crippen LogP contribution in [0.15, 0.2) is 47.4 Å². The van der Waals surface area contributed by atoms with Crippen molar-refractivity contribution in [3.8, 4) is 5.75 Å². The van der Waals surface area contributed by atoms with E-state index in [9.17, 15) is 9.59 Å². The van der Waals surface area contributed by atoms with Gasteiger partial charge in [0.1, 0.15) is 5.75 Å². The van der Waals surface area contributed by atoms with Gasteiger partial charge in [0.15, 0.2) is 0 Å². The number of aryl methyl sites for hydroxylation is 2. The summed E-state index contributed by atoms with van der Waals surface area (Å²) in [6, 6.07) is 13.2. The summed E-state index contributed by atoms with van der Waals surface area (Å²) in [5, 5.41) is 2.77. The number of nitrogens with zero attached hydrogens (tertiary/aromatic N) is 1. The Labute approximate surface area is 158 Å². The predicted molar refractivity (Wildman–Crippen MR) is 106 cm³/mol. The van der Waals surface area contributed by atoms with Gasteiger partial charge in [0.05, 0.1) is 19.4 Å². The number of carbonyl (C=O) groups is 2. The molecule has 0 saturated heterocycles. The number of anilines is 1. The van der Waals surface area contributed by atoms with Crippen molar-refractivity contribution in [1.29, 1.82) is 0 Å². The highest BCUT2D eigenvalue weighted by molar-refractivity contribution is 8.00. The van der Waals surface area contributed by atoms with Gasteiger partial charge in [0.2, 0.25) is 11.8 Å². The van der Waals surface area contributed by atoms with E-state index in [1.807, 2.05) is 12.1 Å². The maximum atomic E-state index is 12.3. The normalized spacial score (nSPS) is 10.3. The Bertz CT molecular complexity index is 792. The standard InChI is InChI=1S/C20H24N2O3S/c1-14-8-9-18(10-15(14)2)26-13-20(24)22(3)12-19(23)21-16-6-5-7-17(11-16)25-4/h5-11H,12-13H2,1-4H3,(H,21,23). The van der Waals surface area contributed by atoms with Gasteiger partial charge in [-0.05, 0) is 49.2 Å². The van der Waals surface area contributed by atoms with E-state index in [4.69, 9.17) is 4.74 Å². The Morgan fingerprint density at radius 1 is 1.12 bits per heavy atom. The molecule has 0 unspecified atom stereocenters. The number of nitrogens with one attached hydrogen (secondary N) is 1. The SMILES string of the molecule is COc1cccc(NC(=O)CN(C)C(=O)CSc2ccc(C)c(C)c2)c1. The van der Waals surface area contributed by atoms with Gasteiger partial charge in [-0.25, -0.2) is 0 Å². The molecule has 0 aliphatic carbocycles. The van der Waals surface area contributed by atoms with Crippen LogP contribution in [0.25, 0.3) is 0 Å². The highest BCUT2D eigenvalue weighted by Crippen LogP contribution is 2.21. The molecule has 0 radical (unpaired) electrons. The van der Waals surface area contributed by atoms with Crippen LogP contribution in [0.2, 0.25) is 0 Å². The molecule has 6 heteroatoms. The lowest BCUT2D eigenvalue weighted by molar-refractivity contribution is -0.131. The summed E-state index contributed by atoms with van der Waals surface area (Å²) in [5.41, 5.74) is 3.07. The van der Waals surface area contributed by atoms with Gasteiger partial charge in [0.25, 0.3) is 0 Å². The number of rotatable bonds is 7. The van der Waals surface area contributed by atoms with Crippen molar-refractivity contribution in [3.05, 3.63) is 53.6 Å². The van der Waals surface area contributed by atoms with Crippen LogP contribution < -0.4 is 10.1 Å². The molecule has 0 atom stereocenters. The molecule has 5 nitrogen and oxygen atoms in total. The Kier molecular flexibility index (Phi) is 7.09. The smallest absolute Gasteiger partial charge is 0.243 e. The number of thioether (sulfide) groups is 1. The van der Waals surface area contributed by atoms with Crippen LogP contribution in [-0.4, -0.2) is 43.2 Å². The van der Waals surface area contributed by atoms with E-state index in [0.717, 1.165) is 4.90 Å². The molecule has 0 aromatic heterocycles. The van der Waals surface area contributed by atoms with Gasteiger partial charge in [-0.1, -0.05) is 12.1 Å². The number of amides is 2. The van der Waals surface area contributed by atoms with E-state index >= 15 is 0 Å². The van der Waals surface area contributed by atoms with Crippen LogP contribution in [0, 0.1) is 13.8 Å². The van der Waals surface area contributed by atoms with E-state index < -0.39 is 0 Å². The first-order chi connectivity index (χ1) is 12.4. The average molecular weight is 372 g/mol. The first-order valence-corrected chi connectivity index (χ1v) is 9.25. The van der Waals surface area contributed by atoms with Crippen LogP contribution in [0.1, 0.15) is 11.1 Å². The fraction of sp³-hybridized carbons (Fsp3) is 0.300. The minimum absolute atomic E-state index is 0.00350. The summed E-state index contributed by atoms with van der Waals surface area (Å²) in [6.07, 6.45) is 0. The second-order valence-corrected chi connectivity index (χ2v) is 7.11. The van der Waals surface area contributed by atoms with Crippen molar-refractivity contribution in [1.82, 2.24) is 4.90 Å². The number of hydrogen-bond donors (Lipinski definition) is 1. The van der Waals surface area contributed by atoms with Crippen LogP contribution in [0.4, 0.5) is 5.69 Å². The predicted octanol–water partition coefficient (Wildman–Crippen LogP) is 3.50. The lowest BCUT2D eigenvalue weighted by Crippen LogP contribution is -2.35. The molecular weight excluding hydrogens is 348 g/mol. The third-order valence-electron chi connectivity index (χ3n) is 4.00. The molecule has 2 amide bonds. The van der Waals surface area contributed by atoms with Crippen LogP contribution >= 0.6 is 11.8 Å². The lowest BCUT2D eigenvalue weighted by atomic mass is 10.1. The third-order valence-corrected chi connectivity index (χ3v) is 4.98. The molecule has 0 heterocycles. The lowest BCUT2D eigenvalue weighted by Gasteiger charge is -2.17. The number of hydrogen-bond acceptors (Lipinski definition) is 4. The molecule has 0 bridgehead atoms. The Morgan fingerprint density at radius 3 is 2.58 bits per heavy atom. The number of benzene rings is 2. The van der Waals surface area contributed by atoms with E-state index in [0.29, 0.717) is 17.2 Å². The fourth-order valence-electron chi connectivity index (χ4n) is 2.26. The summed E-state index contributed by atoms with van der Waals surface area (Å²) >= 11 is 1.48. The first-order valence-electron chi connectivity index (χ1n) is 8.27. The van der Waals surface area contributed by atoms with Gasteiger partial charge in [0, 0.05) is 23.7 Å². The summed E-state index contributed by atoms with van der Waals surface area (Å²) in [5.74, 6) is 0.627. The van der Waals surface area contributed by atoms with Crippen molar-refractivity contribution >= 4 is 29.3 Å². The molecule has 0 spiro atoms. The molecule has 138 valence electrons. The largest absolute Gasteiger partial charge is 0.497 e. The molecule has 2 aromatic carbocycles. The minimum atomic E-state index is -0.245. The fourth-order valence-corrected chi connectivity index (χ4v) is 3.20. The van der Waals surface area contributed by atoms with Crippen LogP contribution in [0.3, 0.4) is 0 Å². The van der Waals surface area contributed by atoms with Crippen molar-refractivity contribution < 1.29 is 14.3 Å². The van der Waals surface area contributed by atoms with E-state index in [-0.39, 0.29) is 18.4 Å². The molecule has 0 fully saturated rings. The van der Waals surface area contributed by atoms with Crippen molar-refractivity contribution in [3.63, 3.8) is 0 Å². The second-order valence-electron chi connectivity index (χ2n) is 6.06. The van der Waals surface area contributed by atoms with Crippen molar-refractivity contribution in [2.75, 3.05) is 31.8 Å². The number of likely N-dealkylation sites (N-methyl/N-ethyl adjacent to an activating group) is 1. The zero-order valence-corrected chi connectivity index (χ0v) is 16.4. The van der Waals surface area contributed by atoms with Gasteiger partial charge in [-0.2, -0.15) is 0 Å². The second kappa shape index (κ2) is 9.29. The molecule has 1 N–H and O–H groups in total. The van der Waals surface area contributed by atoms with Crippen molar-refractivity contribution in [2.45, 2.75) is 18.7 Å². The molecule has 2 aromatic rings. The molecule has 0 aliphatic rings. The van der Waals surface area contributed by atoms with Crippen molar-refractivity contribution in [2.24, 2.45) is 0 Å². The van der Waals surface area contributed by atoms with Gasteiger partial charge >= 0.3 is 0 Å². The summed E-state index contributed by atoms with van der Waals surface area (Å²) in [4.78, 5) is 26.9. The molecule has 0 aliphatic heterocycles. The number of ether oxygens (including phenoxy) is 1. The highest BCUT2D eigenvalue weighted by Gasteiger charge is 2.14. The zero-order chi connectivity index (χ0) is 19.1. The molecule has 0 saturated carbocycles. The third kappa shape index (κ3) is 5.81. The zero-order valence-electron chi connectivity index (χ0n) is 15.5. The summed E-state index contributed by atoms with van der Waals surface area (Å²) in [7, 11) is 3.20. The highest BCUT2D eigenvalue weighted by atomic mass is 32.2. The van der Waals surface area contributed by atoms with E-state index in [1.54, 1.807) is 38.4 Å². The van der Waals surface area contributed by atoms with Gasteiger partial charge in [-0.3, -0.25) is 9.59 Å². The number of carbonyl (C=O) groups excluding carboxylic acids is 2. The van der Waals surface area contributed by atoms with Gasteiger partial charge < -0.3 is 15.0 Å². The number of methoxy groups -OCH3 is 1. The average Bonchev–Trinajstić information content (AvgIpc) is 2.62. The summed E-state index contributed by atoms with van der Waals surface area (Å²) < 4.78 is 5.13. The Hall–Kier alpha value is -2.47. The van der Waals surface area contributed by atoms with Gasteiger partial charge in [-0.15, -0.1) is 11.8 Å². The molecule has 26 heavy (non-hydrogen) atoms. The Balaban J connectivity index is 1.83. The minimum Gasteiger partial charge on any atom is -0.497 e. The topological polar surface area (TPSA) is 58.6 Å². The van der Waals surface area contributed by atoms with E-state index in [2.05, 4.69) is 25.2 Å². The summed E-state index contributed by atoms with van der Waals surface area (Å²) in [6.45, 7) is 4.11. The van der Waals surface area contributed by atoms with Crippen LogP contribution in [0.5, 0.6) is 5.75 Å². The van der Waals surface area contributed by atoms with Crippen LogP contribution in [-0.2, 0) is 9.59 Å². The maximum absolute atomic E-state index is 12.3. The Morgan fingerprint density at radius 2 is 1.88 bits per heavy atom. The maximum Gasteiger partial charge on any atom is 0.243 e. The molecule has 2 rings (SSSR count). The quantitative estimate of drug-likeness (QED) is 0.756. The van der Waals surface area contributed by atoms with E-state index in [1.165, 1.54) is 27.8 Å².